The van der Waals surface area contributed by atoms with Crippen molar-refractivity contribution in [2.24, 2.45) is 5.73 Å². The Morgan fingerprint density at radius 2 is 0.748 bits per heavy atom. The number of anilines is 1. The van der Waals surface area contributed by atoms with Crippen LogP contribution in [0.3, 0.4) is 0 Å². The van der Waals surface area contributed by atoms with Gasteiger partial charge in [0.25, 0.3) is 27.8 Å². The second-order valence-electron chi connectivity index (χ2n) is 32.3. The first-order valence-corrected chi connectivity index (χ1v) is 51.4. The molecule has 654 valence electrons. The van der Waals surface area contributed by atoms with Gasteiger partial charge in [0.1, 0.15) is 63.1 Å². The summed E-state index contributed by atoms with van der Waals surface area (Å²) in [5.74, 6) is 0.426. The molecule has 17 rings (SSSR count). The second-order valence-corrected chi connectivity index (χ2v) is 40.7. The number of nitrogens with one attached hydrogen (secondary N) is 1. The van der Waals surface area contributed by atoms with E-state index in [1.807, 2.05) is 60.2 Å². The number of rotatable bonds is 13. The van der Waals surface area contributed by atoms with Crippen LogP contribution >= 0.6 is 51.2 Å². The maximum Gasteiger partial charge on any atom is 0.270 e. The molecule has 0 radical (unpaired) electrons. The van der Waals surface area contributed by atoms with Crippen molar-refractivity contribution in [1.29, 1.82) is 15.8 Å². The van der Waals surface area contributed by atoms with Crippen LogP contribution in [-0.4, -0.2) is 178 Å². The number of hydrogen-bond acceptors (Lipinski definition) is 28. The number of nitrogens with two attached hydrogens (primary N) is 1. The van der Waals surface area contributed by atoms with Crippen LogP contribution in [0, 0.1) is 68.6 Å². The van der Waals surface area contributed by atoms with Crippen molar-refractivity contribution in [1.82, 2.24) is 81.3 Å². The highest BCUT2D eigenvalue weighted by molar-refractivity contribution is 9.10. The van der Waals surface area contributed by atoms with Gasteiger partial charge in [-0.25, -0.2) is 70.3 Å². The normalized spacial score (nSPS) is 17.6. The van der Waals surface area contributed by atoms with Crippen LogP contribution < -0.4 is 38.8 Å². The molecule has 3 N–H and O–H groups in total. The minimum atomic E-state index is -3.17. The fraction of sp³-hybridized carbons (Fsp3) is 0.548. The lowest BCUT2D eigenvalue weighted by atomic mass is 10.1. The van der Waals surface area contributed by atoms with Crippen molar-refractivity contribution >= 4 is 143 Å². The molecule has 123 heavy (non-hydrogen) atoms. The lowest BCUT2D eigenvalue weighted by molar-refractivity contribution is 0.322. The van der Waals surface area contributed by atoms with E-state index in [1.165, 1.54) is 88.3 Å². The van der Waals surface area contributed by atoms with Gasteiger partial charge in [-0.1, -0.05) is 99.5 Å². The third-order valence-electron chi connectivity index (χ3n) is 24.5. The highest BCUT2D eigenvalue weighted by Crippen LogP contribution is 2.38. The molecule has 5 aliphatic carbocycles. The monoisotopic (exact) mass is 1850 g/mol. The van der Waals surface area contributed by atoms with Crippen molar-refractivity contribution in [3.05, 3.63) is 138 Å². The first-order valence-electron chi connectivity index (χ1n) is 41.6. The van der Waals surface area contributed by atoms with Crippen LogP contribution in [0.15, 0.2) is 86.1 Å². The van der Waals surface area contributed by atoms with Crippen molar-refractivity contribution in [2.75, 3.05) is 69.0 Å². The Hall–Kier alpha value is -8.82. The van der Waals surface area contributed by atoms with Gasteiger partial charge in [0.05, 0.1) is 27.8 Å². The molecular weight excluding hydrogens is 1750 g/mol. The highest BCUT2D eigenvalue weighted by atomic mass is 79.9. The molecular formula is C84H105BrN22O10S6. The van der Waals surface area contributed by atoms with E-state index in [4.69, 9.17) is 5.73 Å². The highest BCUT2D eigenvalue weighted by Gasteiger charge is 2.32. The number of sulfonamides is 2. The smallest absolute Gasteiger partial charge is 0.270 e. The summed E-state index contributed by atoms with van der Waals surface area (Å²) >= 11 is 7.90. The Morgan fingerprint density at radius 3 is 1.11 bits per heavy atom. The van der Waals surface area contributed by atoms with E-state index in [0.717, 1.165) is 165 Å². The Labute approximate surface area is 738 Å². The van der Waals surface area contributed by atoms with Gasteiger partial charge in [-0.05, 0) is 187 Å². The number of thioether (sulfide) groups is 3. The molecule has 2 saturated heterocycles. The Bertz CT molecular complexity index is 6380. The van der Waals surface area contributed by atoms with Crippen LogP contribution in [-0.2, 0) is 30.8 Å². The minimum Gasteiger partial charge on any atom is -0.351 e. The topological polar surface area (TPSA) is 440 Å². The number of fused-ring (bicyclic) bond motifs is 5. The summed E-state index contributed by atoms with van der Waals surface area (Å²) in [5, 5.41) is 37.9. The fourth-order valence-electron chi connectivity index (χ4n) is 17.6. The summed E-state index contributed by atoms with van der Waals surface area (Å²) in [4.78, 5) is 108. The molecule has 12 heterocycles. The van der Waals surface area contributed by atoms with Gasteiger partial charge in [0.2, 0.25) is 31.2 Å². The maximum absolute atomic E-state index is 13.1. The molecule has 7 fully saturated rings. The number of nitriles is 3. The van der Waals surface area contributed by atoms with Crippen molar-refractivity contribution in [3.8, 4) is 18.2 Å². The van der Waals surface area contributed by atoms with E-state index < -0.39 is 30.8 Å². The zero-order chi connectivity index (χ0) is 88.5. The van der Waals surface area contributed by atoms with Gasteiger partial charge in [-0.3, -0.25) is 51.0 Å². The maximum atomic E-state index is 13.1. The third-order valence-corrected chi connectivity index (χ3v) is 30.4. The van der Waals surface area contributed by atoms with Crippen LogP contribution in [0.5, 0.6) is 0 Å². The first-order chi connectivity index (χ1) is 58.8. The SMILES string of the molecule is CS(=O)(=O)N1CCC(N)CC1.CSc1ncc2c(C)c(Br)c(=O)n(C3CCCC3)c2n1.CSc1ncc2c(C)c(C#N)c(=O)n(C3CCCC3)c2n1.CSc1ncc2c(C)cc(=O)n(C3CCCC3)c2n1.Cc1c(C#N)c(=O)n(C2CCCC2)c2nc(NC3CCN(S(C)(=O)=O)CC3)ncc12.Cc1c(C#N)c(=O)n(C2CCCC2)c2nc(S(C)=O)ncc12. The number of hydrogen-bond donors (Lipinski definition) is 2. The number of pyridine rings is 5. The molecule has 0 spiro atoms. The fourth-order valence-corrected chi connectivity index (χ4v) is 21.2. The van der Waals surface area contributed by atoms with E-state index in [9.17, 15) is 60.8 Å². The molecule has 0 bridgehead atoms. The van der Waals surface area contributed by atoms with E-state index in [0.29, 0.717) is 105 Å². The van der Waals surface area contributed by atoms with E-state index >= 15 is 0 Å². The van der Waals surface area contributed by atoms with Gasteiger partial charge in [-0.2, -0.15) is 20.8 Å². The van der Waals surface area contributed by atoms with Gasteiger partial charge in [-0.15, -0.1) is 0 Å². The summed E-state index contributed by atoms with van der Waals surface area (Å²) in [7, 11) is -7.46. The summed E-state index contributed by atoms with van der Waals surface area (Å²) < 4.78 is 69.4. The van der Waals surface area contributed by atoms with Gasteiger partial charge in [0.15, 0.2) is 15.5 Å². The van der Waals surface area contributed by atoms with E-state index in [1.54, 1.807) is 59.1 Å². The van der Waals surface area contributed by atoms with E-state index in [-0.39, 0.29) is 85.9 Å². The summed E-state index contributed by atoms with van der Waals surface area (Å²) in [6.45, 7) is 11.3. The Morgan fingerprint density at radius 1 is 0.439 bits per heavy atom. The predicted molar refractivity (Wildman–Crippen MR) is 486 cm³/mol. The van der Waals surface area contributed by atoms with Crippen LogP contribution in [0.25, 0.3) is 55.2 Å². The number of aryl methyl sites for hydroxylation is 5. The molecule has 32 nitrogen and oxygen atoms in total. The molecule has 7 aliphatic rings. The van der Waals surface area contributed by atoms with Crippen molar-refractivity contribution < 1.29 is 21.0 Å². The summed E-state index contributed by atoms with van der Waals surface area (Å²) in [6, 6.07) is 8.91. The molecule has 2 aliphatic heterocycles. The summed E-state index contributed by atoms with van der Waals surface area (Å²) in [5.41, 5.74) is 12.5. The van der Waals surface area contributed by atoms with Crippen LogP contribution in [0.4, 0.5) is 5.95 Å². The van der Waals surface area contributed by atoms with E-state index in [2.05, 4.69) is 83.2 Å². The molecule has 0 amide bonds. The third kappa shape index (κ3) is 20.8. The number of halogens is 1. The van der Waals surface area contributed by atoms with Gasteiger partial charge < -0.3 is 11.1 Å². The largest absolute Gasteiger partial charge is 0.351 e. The molecule has 10 aromatic heterocycles. The lowest BCUT2D eigenvalue weighted by Crippen LogP contribution is -2.42. The Balaban J connectivity index is 0.000000137. The predicted octanol–water partition coefficient (Wildman–Crippen LogP) is 12.6. The molecule has 1 atom stereocenters. The van der Waals surface area contributed by atoms with Gasteiger partial charge in [0, 0.05) is 139 Å². The standard InChI is InChI=1S/C20H26N6O3S.C15H16N4O2S.C15H16N4OS.C14H16BrN3OS.C14H17N3OS.C6H14N2O2S/c1-13-16(11-21)19(27)26(15-5-3-4-6-15)18-17(13)12-22-20(24-18)23-14-7-9-25(10-8-14)30(2,28)29;1-9-11(7-16)14(20)19(10-5-3-4-6-10)13-12(9)8-17-15(18-13)22(2)21;1-9-11(7-16)14(20)19(10-5-3-4-6-10)13-12(9)8-17-15(18-13)21-2;1-8-10-7-16-14(20-2)17-12(10)18(13(19)11(8)15)9-5-3-4-6-9;1-9-7-12(18)17(10-5-3-4-6-10)13-11(9)8-15-14(16-13)19-2;1-11(9,10)8-4-2-6(7)3-5-8/h12,14-15H,3-10H2,1-2H3,(H,22,23,24);8,10H,3-6H2,1-2H3;8,10H,3-6H2,1-2H3;7,9H,3-6H2,1-2H3;7-8,10H,3-6H2,1-2H3;6H,2-5,7H2,1H3. The molecule has 10 aromatic rings. The molecule has 0 aromatic carbocycles. The lowest BCUT2D eigenvalue weighted by Gasteiger charge is -2.30. The second kappa shape index (κ2) is 41.1. The average Bonchev–Trinajstić information content (AvgIpc) is 1.73. The van der Waals surface area contributed by atoms with Gasteiger partial charge >= 0.3 is 0 Å². The number of nitrogens with zero attached hydrogens (tertiary/aromatic N) is 20. The zero-order valence-corrected chi connectivity index (χ0v) is 77.7. The Kier molecular flexibility index (Phi) is 31.2. The quantitative estimate of drug-likeness (QED) is 0.0799. The average molecular weight is 1860 g/mol. The number of aromatic nitrogens is 15. The first kappa shape index (κ1) is 93.3. The molecule has 1 unspecified atom stereocenters. The van der Waals surface area contributed by atoms with Crippen LogP contribution in [0.1, 0.15) is 229 Å². The molecule has 5 saturated carbocycles. The number of piperidine rings is 2. The van der Waals surface area contributed by atoms with Crippen LogP contribution in [0.2, 0.25) is 0 Å². The summed E-state index contributed by atoms with van der Waals surface area (Å²) in [6.07, 6.45) is 42.4. The van der Waals surface area contributed by atoms with Crippen molar-refractivity contribution in [3.63, 3.8) is 0 Å². The van der Waals surface area contributed by atoms with Crippen molar-refractivity contribution in [2.45, 2.75) is 252 Å². The zero-order valence-electron chi connectivity index (χ0n) is 71.2. The molecule has 39 heteroatoms. The minimum absolute atomic E-state index is 0.0349.